The number of ether oxygens (including phenoxy) is 2. The molecule has 1 N–H and O–H groups in total. The van der Waals surface area contributed by atoms with E-state index < -0.39 is 5.60 Å². The molecule has 1 saturated heterocycles. The predicted molar refractivity (Wildman–Crippen MR) is 83.8 cm³/mol. The topological polar surface area (TPSA) is 62.2 Å². The second kappa shape index (κ2) is 7.62. The van der Waals surface area contributed by atoms with E-state index in [9.17, 15) is 9.90 Å². The van der Waals surface area contributed by atoms with Crippen molar-refractivity contribution in [3.05, 3.63) is 0 Å². The first-order valence-corrected chi connectivity index (χ1v) is 8.33. The van der Waals surface area contributed by atoms with Crippen LogP contribution in [0.1, 0.15) is 40.0 Å². The lowest BCUT2D eigenvalue weighted by atomic mass is 9.92. The molecule has 0 radical (unpaired) electrons. The van der Waals surface area contributed by atoms with Crippen molar-refractivity contribution in [1.29, 1.82) is 0 Å². The van der Waals surface area contributed by atoms with E-state index in [4.69, 9.17) is 9.47 Å². The molecule has 6 heteroatoms. The molecule has 0 aromatic rings. The lowest BCUT2D eigenvalue weighted by molar-refractivity contribution is -0.0725. The maximum absolute atomic E-state index is 12.0. The Morgan fingerprint density at radius 2 is 1.82 bits per heavy atom. The molecule has 0 aromatic heterocycles. The van der Waals surface area contributed by atoms with E-state index in [1.165, 1.54) is 0 Å². The lowest BCUT2D eigenvalue weighted by Crippen LogP contribution is -2.50. The van der Waals surface area contributed by atoms with Crippen LogP contribution in [0.15, 0.2) is 0 Å². The number of piperazine rings is 1. The van der Waals surface area contributed by atoms with Crippen LogP contribution in [0.3, 0.4) is 0 Å². The van der Waals surface area contributed by atoms with E-state index >= 15 is 0 Å². The monoisotopic (exact) mass is 314 g/mol. The third-order valence-electron chi connectivity index (χ3n) is 4.07. The zero-order valence-corrected chi connectivity index (χ0v) is 14.1. The van der Waals surface area contributed by atoms with Gasteiger partial charge in [-0.15, -0.1) is 0 Å². The molecule has 1 amide bonds. The molecule has 2 rings (SSSR count). The van der Waals surface area contributed by atoms with E-state index in [1.54, 1.807) is 4.90 Å². The molecule has 128 valence electrons. The van der Waals surface area contributed by atoms with Crippen LogP contribution in [-0.2, 0) is 9.47 Å². The van der Waals surface area contributed by atoms with Crippen molar-refractivity contribution >= 4 is 6.09 Å². The Bertz CT molecular complexity index is 356. The van der Waals surface area contributed by atoms with Gasteiger partial charge >= 0.3 is 6.09 Å². The van der Waals surface area contributed by atoms with E-state index in [-0.39, 0.29) is 18.3 Å². The van der Waals surface area contributed by atoms with Crippen molar-refractivity contribution in [2.45, 2.75) is 57.8 Å². The number of aliphatic hydroxyl groups excluding tert-OH is 1. The average Bonchev–Trinajstić information content (AvgIpc) is 2.40. The van der Waals surface area contributed by atoms with Crippen LogP contribution < -0.4 is 0 Å². The van der Waals surface area contributed by atoms with Crippen LogP contribution in [0.5, 0.6) is 0 Å². The zero-order chi connectivity index (χ0) is 16.2. The van der Waals surface area contributed by atoms with Crippen molar-refractivity contribution < 1.29 is 19.4 Å². The van der Waals surface area contributed by atoms with E-state index in [1.807, 2.05) is 20.8 Å². The van der Waals surface area contributed by atoms with Gasteiger partial charge in [-0.3, -0.25) is 4.90 Å². The van der Waals surface area contributed by atoms with Crippen molar-refractivity contribution in [3.8, 4) is 0 Å². The number of carbonyl (C=O) groups is 1. The molecule has 0 bridgehead atoms. The fourth-order valence-corrected chi connectivity index (χ4v) is 2.69. The highest BCUT2D eigenvalue weighted by Crippen LogP contribution is 2.22. The Balaban J connectivity index is 1.54. The number of amides is 1. The molecule has 2 aliphatic rings. The van der Waals surface area contributed by atoms with Crippen LogP contribution in [0.4, 0.5) is 4.79 Å². The van der Waals surface area contributed by atoms with Gasteiger partial charge in [-0.2, -0.15) is 0 Å². The first-order chi connectivity index (χ1) is 10.3. The molecule has 2 fully saturated rings. The minimum atomic E-state index is -0.430. The van der Waals surface area contributed by atoms with E-state index in [2.05, 4.69) is 4.90 Å². The first-order valence-electron chi connectivity index (χ1n) is 8.33. The van der Waals surface area contributed by atoms with Crippen molar-refractivity contribution in [2.75, 3.05) is 39.3 Å². The molecule has 22 heavy (non-hydrogen) atoms. The van der Waals surface area contributed by atoms with Crippen LogP contribution in [0.25, 0.3) is 0 Å². The SMILES string of the molecule is CC(C)(C)OC(=O)N1CCN(CCCO[C@H]2C[C@H](O)C2)CC1. The van der Waals surface area contributed by atoms with Crippen molar-refractivity contribution in [3.63, 3.8) is 0 Å². The molecule has 1 saturated carbocycles. The Hall–Kier alpha value is -0.850. The van der Waals surface area contributed by atoms with Gasteiger partial charge in [0.1, 0.15) is 5.60 Å². The highest BCUT2D eigenvalue weighted by molar-refractivity contribution is 5.68. The van der Waals surface area contributed by atoms with Gasteiger partial charge in [-0.05, 0) is 40.0 Å². The second-order valence-electron chi connectivity index (χ2n) is 7.28. The molecular weight excluding hydrogens is 284 g/mol. The Morgan fingerprint density at radius 3 is 2.36 bits per heavy atom. The molecule has 1 aliphatic heterocycles. The first kappa shape index (κ1) is 17.5. The average molecular weight is 314 g/mol. The summed E-state index contributed by atoms with van der Waals surface area (Å²) in [6.07, 6.45) is 2.48. The molecule has 0 spiro atoms. The zero-order valence-electron chi connectivity index (χ0n) is 14.1. The Morgan fingerprint density at radius 1 is 1.18 bits per heavy atom. The van der Waals surface area contributed by atoms with Gasteiger partial charge in [0, 0.05) is 39.3 Å². The summed E-state index contributed by atoms with van der Waals surface area (Å²) in [5.41, 5.74) is -0.430. The van der Waals surface area contributed by atoms with Crippen LogP contribution in [0.2, 0.25) is 0 Å². The van der Waals surface area contributed by atoms with Gasteiger partial charge in [0.15, 0.2) is 0 Å². The molecular formula is C16H30N2O4. The van der Waals surface area contributed by atoms with Gasteiger partial charge in [0.05, 0.1) is 12.2 Å². The highest BCUT2D eigenvalue weighted by atomic mass is 16.6. The Kier molecular flexibility index (Phi) is 6.06. The van der Waals surface area contributed by atoms with E-state index in [0.717, 1.165) is 58.6 Å². The van der Waals surface area contributed by atoms with Crippen molar-refractivity contribution in [1.82, 2.24) is 9.80 Å². The van der Waals surface area contributed by atoms with Crippen LogP contribution in [-0.4, -0.2) is 78.1 Å². The van der Waals surface area contributed by atoms with Crippen LogP contribution >= 0.6 is 0 Å². The minimum absolute atomic E-state index is 0.147. The van der Waals surface area contributed by atoms with Gasteiger partial charge in [-0.25, -0.2) is 4.79 Å². The number of hydrogen-bond donors (Lipinski definition) is 1. The van der Waals surface area contributed by atoms with Gasteiger partial charge in [0.25, 0.3) is 0 Å². The normalized spacial score (nSPS) is 26.6. The third kappa shape index (κ3) is 5.74. The van der Waals surface area contributed by atoms with Gasteiger partial charge < -0.3 is 19.5 Å². The summed E-state index contributed by atoms with van der Waals surface area (Å²) in [4.78, 5) is 16.1. The summed E-state index contributed by atoms with van der Waals surface area (Å²) in [5, 5.41) is 9.19. The summed E-state index contributed by atoms with van der Waals surface area (Å²) >= 11 is 0. The van der Waals surface area contributed by atoms with Gasteiger partial charge in [-0.1, -0.05) is 0 Å². The molecule has 6 nitrogen and oxygen atoms in total. The molecule has 1 aliphatic carbocycles. The number of aliphatic hydroxyl groups is 1. The predicted octanol–water partition coefficient (Wildman–Crippen LogP) is 1.47. The molecule has 0 atom stereocenters. The quantitative estimate of drug-likeness (QED) is 0.779. The smallest absolute Gasteiger partial charge is 0.410 e. The highest BCUT2D eigenvalue weighted by Gasteiger charge is 2.28. The summed E-state index contributed by atoms with van der Waals surface area (Å²) in [6.45, 7) is 10.7. The van der Waals surface area contributed by atoms with Crippen LogP contribution in [0, 0.1) is 0 Å². The lowest BCUT2D eigenvalue weighted by Gasteiger charge is -2.36. The minimum Gasteiger partial charge on any atom is -0.444 e. The van der Waals surface area contributed by atoms with Crippen molar-refractivity contribution in [2.24, 2.45) is 0 Å². The maximum atomic E-state index is 12.0. The number of nitrogens with zero attached hydrogens (tertiary/aromatic N) is 2. The van der Waals surface area contributed by atoms with E-state index in [0.29, 0.717) is 0 Å². The molecule has 1 heterocycles. The largest absolute Gasteiger partial charge is 0.444 e. The molecule has 0 unspecified atom stereocenters. The standard InChI is InChI=1S/C16H30N2O4/c1-16(2,3)22-15(20)18-8-6-17(7-9-18)5-4-10-21-14-11-13(19)12-14/h13-14,19H,4-12H2,1-3H3/t13-,14-. The number of carbonyl (C=O) groups excluding carboxylic acids is 1. The second-order valence-corrected chi connectivity index (χ2v) is 7.28. The fraction of sp³-hybridized carbons (Fsp3) is 0.938. The number of hydrogen-bond acceptors (Lipinski definition) is 5. The summed E-state index contributed by atoms with van der Waals surface area (Å²) in [7, 11) is 0. The Labute approximate surface area is 133 Å². The maximum Gasteiger partial charge on any atom is 0.410 e. The fourth-order valence-electron chi connectivity index (χ4n) is 2.69. The summed E-state index contributed by atoms with van der Waals surface area (Å²) in [6, 6.07) is 0. The third-order valence-corrected chi connectivity index (χ3v) is 4.07. The number of rotatable bonds is 5. The summed E-state index contributed by atoms with van der Waals surface area (Å²) < 4.78 is 11.1. The summed E-state index contributed by atoms with van der Waals surface area (Å²) in [5.74, 6) is 0. The van der Waals surface area contributed by atoms with Gasteiger partial charge in [0.2, 0.25) is 0 Å². The molecule has 0 aromatic carbocycles.